The van der Waals surface area contributed by atoms with E-state index < -0.39 is 0 Å². The lowest BCUT2D eigenvalue weighted by atomic mass is 10.2. The van der Waals surface area contributed by atoms with Gasteiger partial charge in [-0.1, -0.05) is 6.07 Å². The van der Waals surface area contributed by atoms with Gasteiger partial charge >= 0.3 is 0 Å². The van der Waals surface area contributed by atoms with Gasteiger partial charge < -0.3 is 10.5 Å². The van der Waals surface area contributed by atoms with Gasteiger partial charge in [-0.3, -0.25) is 0 Å². The number of aryl methyl sites for hydroxylation is 1. The zero-order valence-electron chi connectivity index (χ0n) is 9.44. The summed E-state index contributed by atoms with van der Waals surface area (Å²) in [6.07, 6.45) is 0. The van der Waals surface area contributed by atoms with Crippen LogP contribution in [-0.4, -0.2) is 4.98 Å². The second kappa shape index (κ2) is 5.62. The van der Waals surface area contributed by atoms with Crippen LogP contribution in [-0.2, 0) is 13.2 Å². The van der Waals surface area contributed by atoms with E-state index in [-0.39, 0.29) is 0 Å². The van der Waals surface area contributed by atoms with E-state index in [2.05, 4.69) is 20.9 Å². The molecule has 1 aromatic carbocycles. The third-order valence-corrected chi connectivity index (χ3v) is 3.81. The molecule has 0 unspecified atom stereocenters. The molecule has 0 atom stereocenters. The van der Waals surface area contributed by atoms with Crippen LogP contribution < -0.4 is 10.5 Å². The SMILES string of the molecule is Cc1csc(COc2ccc(CN)cc2Br)n1. The maximum absolute atomic E-state index is 5.70. The predicted octanol–water partition coefficient (Wildman–Crippen LogP) is 3.25. The molecule has 0 fully saturated rings. The van der Waals surface area contributed by atoms with Crippen molar-refractivity contribution in [2.75, 3.05) is 0 Å². The summed E-state index contributed by atoms with van der Waals surface area (Å²) in [5.74, 6) is 0.815. The van der Waals surface area contributed by atoms with Crippen LogP contribution >= 0.6 is 27.3 Å². The average Bonchev–Trinajstić information content (AvgIpc) is 2.73. The number of benzene rings is 1. The van der Waals surface area contributed by atoms with Gasteiger partial charge in [0.2, 0.25) is 0 Å². The van der Waals surface area contributed by atoms with Crippen LogP contribution in [0, 0.1) is 6.92 Å². The van der Waals surface area contributed by atoms with Crippen LogP contribution in [0.3, 0.4) is 0 Å². The largest absolute Gasteiger partial charge is 0.485 e. The molecule has 2 aromatic rings. The topological polar surface area (TPSA) is 48.1 Å². The molecule has 2 N–H and O–H groups in total. The molecule has 0 saturated heterocycles. The third-order valence-electron chi connectivity index (χ3n) is 2.25. The van der Waals surface area contributed by atoms with Crippen molar-refractivity contribution in [2.45, 2.75) is 20.1 Å². The summed E-state index contributed by atoms with van der Waals surface area (Å²) < 4.78 is 6.62. The number of hydrogen-bond acceptors (Lipinski definition) is 4. The van der Waals surface area contributed by atoms with E-state index >= 15 is 0 Å². The fourth-order valence-corrected chi connectivity index (χ4v) is 2.62. The fourth-order valence-electron chi connectivity index (χ4n) is 1.40. The smallest absolute Gasteiger partial charge is 0.140 e. The molecule has 3 nitrogen and oxygen atoms in total. The standard InChI is InChI=1S/C12H13BrN2OS/c1-8-7-17-12(15-8)6-16-11-3-2-9(5-14)4-10(11)13/h2-4,7H,5-6,14H2,1H3. The lowest BCUT2D eigenvalue weighted by Gasteiger charge is -2.07. The average molecular weight is 313 g/mol. The van der Waals surface area contributed by atoms with E-state index in [9.17, 15) is 0 Å². The Morgan fingerprint density at radius 1 is 1.47 bits per heavy atom. The van der Waals surface area contributed by atoms with Gasteiger partial charge in [-0.25, -0.2) is 4.98 Å². The highest BCUT2D eigenvalue weighted by molar-refractivity contribution is 9.10. The Balaban J connectivity index is 2.04. The summed E-state index contributed by atoms with van der Waals surface area (Å²) in [4.78, 5) is 4.35. The number of halogens is 1. The minimum atomic E-state index is 0.499. The summed E-state index contributed by atoms with van der Waals surface area (Å²) in [5.41, 5.74) is 7.68. The predicted molar refractivity (Wildman–Crippen MR) is 73.2 cm³/mol. The first-order valence-electron chi connectivity index (χ1n) is 5.21. The van der Waals surface area contributed by atoms with Crippen LogP contribution in [0.25, 0.3) is 0 Å². The molecule has 0 radical (unpaired) electrons. The monoisotopic (exact) mass is 312 g/mol. The maximum atomic E-state index is 5.70. The van der Waals surface area contributed by atoms with Crippen molar-refractivity contribution < 1.29 is 4.74 Å². The Morgan fingerprint density at radius 3 is 2.88 bits per heavy atom. The molecule has 2 rings (SSSR count). The van der Waals surface area contributed by atoms with Gasteiger partial charge in [0.25, 0.3) is 0 Å². The van der Waals surface area contributed by atoms with Crippen LogP contribution in [0.1, 0.15) is 16.3 Å². The number of aromatic nitrogens is 1. The Kier molecular flexibility index (Phi) is 4.15. The molecule has 1 aromatic heterocycles. The lowest BCUT2D eigenvalue weighted by Crippen LogP contribution is -1.98. The number of ether oxygens (including phenoxy) is 1. The number of nitrogens with two attached hydrogens (primary N) is 1. The van der Waals surface area contributed by atoms with Crippen LogP contribution in [0.5, 0.6) is 5.75 Å². The second-order valence-electron chi connectivity index (χ2n) is 3.64. The van der Waals surface area contributed by atoms with Gasteiger partial charge in [0.1, 0.15) is 17.4 Å². The molecule has 0 amide bonds. The van der Waals surface area contributed by atoms with Gasteiger partial charge in [0.05, 0.1) is 4.47 Å². The Hall–Kier alpha value is -0.910. The first-order valence-corrected chi connectivity index (χ1v) is 6.88. The van der Waals surface area contributed by atoms with Crippen molar-refractivity contribution >= 4 is 27.3 Å². The van der Waals surface area contributed by atoms with Crippen molar-refractivity contribution in [3.05, 3.63) is 44.3 Å². The number of hydrogen-bond donors (Lipinski definition) is 1. The van der Waals surface area contributed by atoms with Gasteiger partial charge in [-0.2, -0.15) is 0 Å². The Labute approximate surface area is 113 Å². The maximum Gasteiger partial charge on any atom is 0.140 e. The van der Waals surface area contributed by atoms with Gasteiger partial charge in [-0.05, 0) is 40.5 Å². The van der Waals surface area contributed by atoms with E-state index in [1.807, 2.05) is 30.5 Å². The molecular weight excluding hydrogens is 300 g/mol. The Bertz CT molecular complexity index is 513. The highest BCUT2D eigenvalue weighted by Crippen LogP contribution is 2.27. The molecule has 90 valence electrons. The second-order valence-corrected chi connectivity index (χ2v) is 5.44. The summed E-state index contributed by atoms with van der Waals surface area (Å²) >= 11 is 5.08. The number of rotatable bonds is 4. The van der Waals surface area contributed by atoms with E-state index in [4.69, 9.17) is 10.5 Å². The third kappa shape index (κ3) is 3.28. The van der Waals surface area contributed by atoms with Gasteiger partial charge in [-0.15, -0.1) is 11.3 Å². The molecule has 5 heteroatoms. The molecule has 0 aliphatic carbocycles. The van der Waals surface area contributed by atoms with Crippen molar-refractivity contribution in [1.29, 1.82) is 0 Å². The van der Waals surface area contributed by atoms with Crippen molar-refractivity contribution in [1.82, 2.24) is 4.98 Å². The molecule has 0 saturated carbocycles. The summed E-state index contributed by atoms with van der Waals surface area (Å²) in [7, 11) is 0. The normalized spacial score (nSPS) is 10.5. The van der Waals surface area contributed by atoms with E-state index in [0.29, 0.717) is 13.2 Å². The van der Waals surface area contributed by atoms with Crippen LogP contribution in [0.15, 0.2) is 28.1 Å². The zero-order valence-corrected chi connectivity index (χ0v) is 11.8. The summed E-state index contributed by atoms with van der Waals surface area (Å²) in [5, 5.41) is 3.00. The minimum Gasteiger partial charge on any atom is -0.485 e. The molecule has 0 bridgehead atoms. The first-order chi connectivity index (χ1) is 8.19. The van der Waals surface area contributed by atoms with E-state index in [1.165, 1.54) is 0 Å². The molecule has 17 heavy (non-hydrogen) atoms. The van der Waals surface area contributed by atoms with Crippen molar-refractivity contribution in [2.24, 2.45) is 5.73 Å². The highest BCUT2D eigenvalue weighted by atomic mass is 79.9. The quantitative estimate of drug-likeness (QED) is 0.942. The number of thiazole rings is 1. The Morgan fingerprint density at radius 2 is 2.29 bits per heavy atom. The number of nitrogens with zero attached hydrogens (tertiary/aromatic N) is 1. The fraction of sp³-hybridized carbons (Fsp3) is 0.250. The molecular formula is C12H13BrN2OS. The lowest BCUT2D eigenvalue weighted by molar-refractivity contribution is 0.303. The van der Waals surface area contributed by atoms with E-state index in [0.717, 1.165) is 26.5 Å². The molecule has 1 heterocycles. The van der Waals surface area contributed by atoms with Crippen LogP contribution in [0.4, 0.5) is 0 Å². The molecule has 0 aliphatic heterocycles. The van der Waals surface area contributed by atoms with Crippen LogP contribution in [0.2, 0.25) is 0 Å². The van der Waals surface area contributed by atoms with Crippen molar-refractivity contribution in [3.8, 4) is 5.75 Å². The van der Waals surface area contributed by atoms with Crippen molar-refractivity contribution in [3.63, 3.8) is 0 Å². The summed E-state index contributed by atoms with van der Waals surface area (Å²) in [6, 6.07) is 5.86. The summed E-state index contributed by atoms with van der Waals surface area (Å²) in [6.45, 7) is 3.01. The van der Waals surface area contributed by atoms with E-state index in [1.54, 1.807) is 11.3 Å². The van der Waals surface area contributed by atoms with Gasteiger partial charge in [0.15, 0.2) is 0 Å². The minimum absolute atomic E-state index is 0.499. The van der Waals surface area contributed by atoms with Gasteiger partial charge in [0, 0.05) is 17.6 Å². The first kappa shape index (κ1) is 12.5. The highest BCUT2D eigenvalue weighted by Gasteiger charge is 2.04. The molecule has 0 spiro atoms. The molecule has 0 aliphatic rings. The zero-order chi connectivity index (χ0) is 12.3.